The summed E-state index contributed by atoms with van der Waals surface area (Å²) >= 11 is 4.69. The highest BCUT2D eigenvalue weighted by Crippen LogP contribution is 2.23. The minimum Gasteiger partial charge on any atom is -0.325 e. The molecule has 0 aliphatic rings. The third-order valence-electron chi connectivity index (χ3n) is 3.38. The van der Waals surface area contributed by atoms with Gasteiger partial charge in [0.25, 0.3) is 0 Å². The molecule has 8 heteroatoms. The second-order valence-electron chi connectivity index (χ2n) is 5.26. The summed E-state index contributed by atoms with van der Waals surface area (Å²) in [6, 6.07) is 13.1. The predicted molar refractivity (Wildman–Crippen MR) is 107 cm³/mol. The molecular weight excluding hydrogens is 414 g/mol. The molecule has 3 rings (SSSR count). The number of nitrogens with one attached hydrogen (secondary N) is 1. The standard InChI is InChI=1S/C18H16BrN5OS/c1-2-11-24-17(15-5-3-4-10-20-15)22-23-18(24)26-12-16(25)21-14-8-6-13(19)7-9-14/h2-10H,1,11-12H2,(H,21,25). The van der Waals surface area contributed by atoms with Gasteiger partial charge in [0.05, 0.1) is 5.75 Å². The van der Waals surface area contributed by atoms with Crippen LogP contribution in [0.15, 0.2) is 70.9 Å². The summed E-state index contributed by atoms with van der Waals surface area (Å²) in [7, 11) is 0. The van der Waals surface area contributed by atoms with Gasteiger partial charge >= 0.3 is 0 Å². The molecule has 0 aliphatic carbocycles. The van der Waals surface area contributed by atoms with Crippen molar-refractivity contribution < 1.29 is 4.79 Å². The van der Waals surface area contributed by atoms with Crippen LogP contribution in [0.4, 0.5) is 5.69 Å². The zero-order valence-electron chi connectivity index (χ0n) is 13.8. The monoisotopic (exact) mass is 429 g/mol. The molecule has 0 unspecified atom stereocenters. The van der Waals surface area contributed by atoms with Crippen molar-refractivity contribution in [1.82, 2.24) is 19.7 Å². The Kier molecular flexibility index (Phi) is 6.19. The minimum absolute atomic E-state index is 0.107. The summed E-state index contributed by atoms with van der Waals surface area (Å²) in [4.78, 5) is 16.5. The molecule has 26 heavy (non-hydrogen) atoms. The Labute approximate surface area is 163 Å². The SMILES string of the molecule is C=CCn1c(SCC(=O)Nc2ccc(Br)cc2)nnc1-c1ccccn1. The molecule has 0 atom stereocenters. The molecule has 0 spiro atoms. The maximum atomic E-state index is 12.2. The third-order valence-corrected chi connectivity index (χ3v) is 4.88. The molecule has 2 heterocycles. The number of aromatic nitrogens is 4. The first-order chi connectivity index (χ1) is 12.7. The van der Waals surface area contributed by atoms with E-state index >= 15 is 0 Å². The number of halogens is 1. The number of rotatable bonds is 7. The normalized spacial score (nSPS) is 10.5. The van der Waals surface area contributed by atoms with Crippen LogP contribution in [0.3, 0.4) is 0 Å². The molecule has 3 aromatic rings. The number of carbonyl (C=O) groups excluding carboxylic acids is 1. The number of hydrogen-bond donors (Lipinski definition) is 1. The van der Waals surface area contributed by atoms with Gasteiger partial charge in [-0.05, 0) is 36.4 Å². The van der Waals surface area contributed by atoms with Crippen molar-refractivity contribution in [3.05, 3.63) is 65.8 Å². The van der Waals surface area contributed by atoms with Gasteiger partial charge in [0.2, 0.25) is 5.91 Å². The fourth-order valence-corrected chi connectivity index (χ4v) is 3.25. The predicted octanol–water partition coefficient (Wildman–Crippen LogP) is 4.02. The summed E-state index contributed by atoms with van der Waals surface area (Å²) in [5.41, 5.74) is 1.48. The van der Waals surface area contributed by atoms with Crippen LogP contribution in [-0.2, 0) is 11.3 Å². The van der Waals surface area contributed by atoms with Crippen LogP contribution in [0.5, 0.6) is 0 Å². The Bertz CT molecular complexity index is 896. The molecule has 2 aromatic heterocycles. The fraction of sp³-hybridized carbons (Fsp3) is 0.111. The molecule has 0 radical (unpaired) electrons. The molecule has 1 aromatic carbocycles. The van der Waals surface area contributed by atoms with Crippen molar-refractivity contribution in [2.75, 3.05) is 11.1 Å². The first-order valence-corrected chi connectivity index (χ1v) is 9.59. The lowest BCUT2D eigenvalue weighted by molar-refractivity contribution is -0.113. The highest BCUT2D eigenvalue weighted by Gasteiger charge is 2.15. The van der Waals surface area contributed by atoms with Gasteiger partial charge in [-0.25, -0.2) is 0 Å². The van der Waals surface area contributed by atoms with E-state index in [9.17, 15) is 4.79 Å². The van der Waals surface area contributed by atoms with Crippen molar-refractivity contribution in [2.24, 2.45) is 0 Å². The molecule has 0 fully saturated rings. The zero-order valence-corrected chi connectivity index (χ0v) is 16.2. The van der Waals surface area contributed by atoms with E-state index in [1.165, 1.54) is 11.8 Å². The topological polar surface area (TPSA) is 72.7 Å². The fourth-order valence-electron chi connectivity index (χ4n) is 2.23. The van der Waals surface area contributed by atoms with Crippen molar-refractivity contribution >= 4 is 39.3 Å². The quantitative estimate of drug-likeness (QED) is 0.453. The largest absolute Gasteiger partial charge is 0.325 e. The molecule has 0 aliphatic heterocycles. The number of pyridine rings is 1. The minimum atomic E-state index is -0.107. The summed E-state index contributed by atoms with van der Waals surface area (Å²) in [5, 5.41) is 11.9. The van der Waals surface area contributed by atoms with E-state index in [1.807, 2.05) is 47.0 Å². The molecular formula is C18H16BrN5OS. The molecule has 6 nitrogen and oxygen atoms in total. The van der Waals surface area contributed by atoms with Gasteiger partial charge in [0, 0.05) is 22.9 Å². The van der Waals surface area contributed by atoms with Crippen molar-refractivity contribution in [2.45, 2.75) is 11.7 Å². The second kappa shape index (κ2) is 8.77. The van der Waals surface area contributed by atoms with Gasteiger partial charge in [0.1, 0.15) is 5.69 Å². The van der Waals surface area contributed by atoms with Gasteiger partial charge < -0.3 is 5.32 Å². The Morgan fingerprint density at radius 1 is 1.23 bits per heavy atom. The van der Waals surface area contributed by atoms with Crippen LogP contribution in [0.2, 0.25) is 0 Å². The van der Waals surface area contributed by atoms with Gasteiger partial charge in [-0.3, -0.25) is 14.3 Å². The number of anilines is 1. The molecule has 1 amide bonds. The lowest BCUT2D eigenvalue weighted by Crippen LogP contribution is -2.14. The van der Waals surface area contributed by atoms with Crippen LogP contribution in [0.1, 0.15) is 0 Å². The van der Waals surface area contributed by atoms with E-state index in [2.05, 4.69) is 43.0 Å². The van der Waals surface area contributed by atoms with Crippen LogP contribution in [0, 0.1) is 0 Å². The average Bonchev–Trinajstić information content (AvgIpc) is 3.06. The van der Waals surface area contributed by atoms with Crippen LogP contribution in [0.25, 0.3) is 11.5 Å². The summed E-state index contributed by atoms with van der Waals surface area (Å²) < 4.78 is 2.86. The van der Waals surface area contributed by atoms with E-state index < -0.39 is 0 Å². The Morgan fingerprint density at radius 3 is 2.73 bits per heavy atom. The highest BCUT2D eigenvalue weighted by molar-refractivity contribution is 9.10. The number of thioether (sulfide) groups is 1. The number of benzene rings is 1. The number of hydrogen-bond acceptors (Lipinski definition) is 5. The Hall–Kier alpha value is -2.45. The summed E-state index contributed by atoms with van der Waals surface area (Å²) in [6.45, 7) is 4.32. The molecule has 0 saturated heterocycles. The number of allylic oxidation sites excluding steroid dienone is 1. The van der Waals surface area contributed by atoms with E-state index in [0.29, 0.717) is 17.5 Å². The Morgan fingerprint density at radius 2 is 2.04 bits per heavy atom. The summed E-state index contributed by atoms with van der Waals surface area (Å²) in [6.07, 6.45) is 3.47. The maximum absolute atomic E-state index is 12.2. The Balaban J connectivity index is 1.69. The highest BCUT2D eigenvalue weighted by atomic mass is 79.9. The number of amides is 1. The van der Waals surface area contributed by atoms with Gasteiger partial charge in [-0.2, -0.15) is 0 Å². The van der Waals surface area contributed by atoms with E-state index in [4.69, 9.17) is 0 Å². The van der Waals surface area contributed by atoms with Crippen molar-refractivity contribution in [3.63, 3.8) is 0 Å². The molecule has 1 N–H and O–H groups in total. The lowest BCUT2D eigenvalue weighted by atomic mass is 10.3. The molecule has 0 saturated carbocycles. The average molecular weight is 430 g/mol. The summed E-state index contributed by atoms with van der Waals surface area (Å²) in [5.74, 6) is 0.777. The van der Waals surface area contributed by atoms with Gasteiger partial charge in [-0.1, -0.05) is 39.8 Å². The third kappa shape index (κ3) is 4.59. The number of carbonyl (C=O) groups is 1. The smallest absolute Gasteiger partial charge is 0.234 e. The van der Waals surface area contributed by atoms with Crippen LogP contribution < -0.4 is 5.32 Å². The molecule has 132 valence electrons. The number of nitrogens with zero attached hydrogens (tertiary/aromatic N) is 4. The van der Waals surface area contributed by atoms with E-state index in [-0.39, 0.29) is 11.7 Å². The van der Waals surface area contributed by atoms with Crippen LogP contribution >= 0.6 is 27.7 Å². The second-order valence-corrected chi connectivity index (χ2v) is 7.12. The molecule has 0 bridgehead atoms. The van der Waals surface area contributed by atoms with Gasteiger partial charge in [0.15, 0.2) is 11.0 Å². The van der Waals surface area contributed by atoms with E-state index in [0.717, 1.165) is 15.9 Å². The maximum Gasteiger partial charge on any atom is 0.234 e. The van der Waals surface area contributed by atoms with Crippen LogP contribution in [-0.4, -0.2) is 31.4 Å². The lowest BCUT2D eigenvalue weighted by Gasteiger charge is -2.08. The zero-order chi connectivity index (χ0) is 18.4. The van der Waals surface area contributed by atoms with Gasteiger partial charge in [-0.15, -0.1) is 16.8 Å². The van der Waals surface area contributed by atoms with Crippen molar-refractivity contribution in [1.29, 1.82) is 0 Å². The van der Waals surface area contributed by atoms with E-state index in [1.54, 1.807) is 12.3 Å². The van der Waals surface area contributed by atoms with Crippen molar-refractivity contribution in [3.8, 4) is 11.5 Å². The first-order valence-electron chi connectivity index (χ1n) is 7.81. The first kappa shape index (κ1) is 18.3.